The van der Waals surface area contributed by atoms with E-state index >= 15 is 0 Å². The summed E-state index contributed by atoms with van der Waals surface area (Å²) in [6.07, 6.45) is 0. The molecule has 2 saturated heterocycles. The predicted molar refractivity (Wildman–Crippen MR) is 97.0 cm³/mol. The maximum atomic E-state index is 12.2. The number of amides is 1. The van der Waals surface area contributed by atoms with Crippen LogP contribution >= 0.6 is 11.3 Å². The summed E-state index contributed by atoms with van der Waals surface area (Å²) >= 11 is 1.64. The van der Waals surface area contributed by atoms with Gasteiger partial charge < -0.3 is 14.5 Å². The Kier molecular flexibility index (Phi) is 4.11. The average Bonchev–Trinajstić information content (AvgIpc) is 3.28. The van der Waals surface area contributed by atoms with E-state index in [-0.39, 0.29) is 11.9 Å². The third-order valence-corrected chi connectivity index (χ3v) is 6.21. The molecule has 1 amide bonds. The molecule has 0 unspecified atom stereocenters. The van der Waals surface area contributed by atoms with Gasteiger partial charge in [-0.25, -0.2) is 0 Å². The lowest BCUT2D eigenvalue weighted by atomic mass is 9.89. The maximum absolute atomic E-state index is 12.2. The van der Waals surface area contributed by atoms with Gasteiger partial charge in [-0.15, -0.1) is 10.2 Å². The fourth-order valence-corrected chi connectivity index (χ4v) is 4.87. The van der Waals surface area contributed by atoms with Gasteiger partial charge >= 0.3 is 0 Å². The smallest absolute Gasteiger partial charge is 0.219 e. The van der Waals surface area contributed by atoms with Gasteiger partial charge in [0.1, 0.15) is 10.8 Å². The van der Waals surface area contributed by atoms with Crippen molar-refractivity contribution in [3.8, 4) is 5.75 Å². The minimum atomic E-state index is 0.118. The first-order valence-electron chi connectivity index (χ1n) is 8.53. The van der Waals surface area contributed by atoms with Crippen molar-refractivity contribution in [1.82, 2.24) is 15.1 Å². The molecule has 0 radical (unpaired) electrons. The fourth-order valence-electron chi connectivity index (χ4n) is 4.17. The number of rotatable bonds is 3. The number of hydrogen-bond acceptors (Lipinski definition) is 6. The summed E-state index contributed by atoms with van der Waals surface area (Å²) in [6, 6.07) is 8.23. The Labute approximate surface area is 151 Å². The molecule has 0 saturated carbocycles. The highest BCUT2D eigenvalue weighted by Crippen LogP contribution is 2.46. The second-order valence-electron chi connectivity index (χ2n) is 6.82. The van der Waals surface area contributed by atoms with E-state index in [0.29, 0.717) is 11.8 Å². The number of carbonyl (C=O) groups is 1. The Hall–Kier alpha value is -2.15. The van der Waals surface area contributed by atoms with Gasteiger partial charge in [-0.1, -0.05) is 23.5 Å². The molecule has 1 aromatic carbocycles. The molecule has 25 heavy (non-hydrogen) atoms. The van der Waals surface area contributed by atoms with Crippen LogP contribution in [0.25, 0.3) is 0 Å². The van der Waals surface area contributed by atoms with E-state index in [2.05, 4.69) is 27.2 Å². The molecule has 1 aromatic heterocycles. The molecule has 2 fully saturated rings. The normalized spacial score (nSPS) is 25.3. The van der Waals surface area contributed by atoms with Gasteiger partial charge in [-0.2, -0.15) is 0 Å². The molecule has 2 aromatic rings. The van der Waals surface area contributed by atoms with E-state index in [0.717, 1.165) is 35.5 Å². The van der Waals surface area contributed by atoms with Crippen LogP contribution in [0.5, 0.6) is 5.75 Å². The molecule has 2 aliphatic heterocycles. The molecular formula is C18H22N4O2S. The van der Waals surface area contributed by atoms with Crippen LogP contribution in [0, 0.1) is 18.8 Å². The molecule has 6 nitrogen and oxygen atoms in total. The zero-order valence-electron chi connectivity index (χ0n) is 14.7. The Bertz CT molecular complexity index is 776. The number of ether oxygens (including phenoxy) is 1. The number of hydrogen-bond donors (Lipinski definition) is 0. The minimum Gasteiger partial charge on any atom is -0.497 e. The van der Waals surface area contributed by atoms with E-state index in [1.165, 1.54) is 5.56 Å². The van der Waals surface area contributed by atoms with E-state index in [4.69, 9.17) is 4.74 Å². The van der Waals surface area contributed by atoms with Crippen molar-refractivity contribution in [1.29, 1.82) is 0 Å². The van der Waals surface area contributed by atoms with Crippen molar-refractivity contribution in [2.45, 2.75) is 19.9 Å². The summed E-state index contributed by atoms with van der Waals surface area (Å²) in [5, 5.41) is 10.4. The van der Waals surface area contributed by atoms with Crippen LogP contribution in [0.3, 0.4) is 0 Å². The highest BCUT2D eigenvalue weighted by Gasteiger charge is 2.48. The van der Waals surface area contributed by atoms with Crippen LogP contribution in [0.4, 0.5) is 5.13 Å². The van der Waals surface area contributed by atoms with Gasteiger partial charge in [0.05, 0.1) is 13.2 Å². The molecule has 0 aliphatic carbocycles. The molecule has 0 N–H and O–H groups in total. The number of aryl methyl sites for hydroxylation is 1. The molecule has 132 valence electrons. The standard InChI is InChI=1S/C18H22N4O2S/c1-11-19-20-18(25-11)21-8-14-9-22(12(2)23)17(16(14)10-21)13-4-6-15(24-3)7-5-13/h4-7,14,16-17H,8-10H2,1-3H3/t14-,16-,17+/m1/s1. The Morgan fingerprint density at radius 3 is 2.56 bits per heavy atom. The lowest BCUT2D eigenvalue weighted by Crippen LogP contribution is -2.34. The molecule has 7 heteroatoms. The summed E-state index contributed by atoms with van der Waals surface area (Å²) in [5.74, 6) is 1.88. The average molecular weight is 358 g/mol. The zero-order valence-corrected chi connectivity index (χ0v) is 15.5. The van der Waals surface area contributed by atoms with Gasteiger partial charge in [-0.3, -0.25) is 4.79 Å². The van der Waals surface area contributed by atoms with Crippen molar-refractivity contribution >= 4 is 22.4 Å². The van der Waals surface area contributed by atoms with Gasteiger partial charge in [0.15, 0.2) is 0 Å². The number of carbonyl (C=O) groups excluding carboxylic acids is 1. The topological polar surface area (TPSA) is 58.6 Å². The van der Waals surface area contributed by atoms with Crippen LogP contribution in [-0.4, -0.2) is 47.7 Å². The summed E-state index contributed by atoms with van der Waals surface area (Å²) in [7, 11) is 1.67. The quantitative estimate of drug-likeness (QED) is 0.844. The Morgan fingerprint density at radius 2 is 1.96 bits per heavy atom. The van der Waals surface area contributed by atoms with E-state index in [9.17, 15) is 4.79 Å². The van der Waals surface area contributed by atoms with Crippen molar-refractivity contribution in [2.75, 3.05) is 31.6 Å². The Balaban J connectivity index is 1.61. The number of nitrogens with zero attached hydrogens (tertiary/aromatic N) is 4. The van der Waals surface area contributed by atoms with E-state index in [1.54, 1.807) is 25.4 Å². The highest BCUT2D eigenvalue weighted by molar-refractivity contribution is 7.15. The molecule has 2 aliphatic rings. The summed E-state index contributed by atoms with van der Waals surface area (Å²) in [6.45, 7) is 6.32. The molecular weight excluding hydrogens is 336 g/mol. The van der Waals surface area contributed by atoms with Crippen molar-refractivity contribution in [3.05, 3.63) is 34.8 Å². The van der Waals surface area contributed by atoms with Gasteiger partial charge in [-0.05, 0) is 24.6 Å². The first-order valence-corrected chi connectivity index (χ1v) is 9.34. The number of methoxy groups -OCH3 is 1. The molecule has 0 bridgehead atoms. The molecule has 3 atom stereocenters. The van der Waals surface area contributed by atoms with Gasteiger partial charge in [0.2, 0.25) is 11.0 Å². The fraction of sp³-hybridized carbons (Fsp3) is 0.500. The number of likely N-dealkylation sites (tertiary alicyclic amines) is 1. The second-order valence-corrected chi connectivity index (χ2v) is 7.98. The number of aromatic nitrogens is 2. The minimum absolute atomic E-state index is 0.118. The Morgan fingerprint density at radius 1 is 1.20 bits per heavy atom. The molecule has 4 rings (SSSR count). The van der Waals surface area contributed by atoms with E-state index in [1.807, 2.05) is 24.0 Å². The predicted octanol–water partition coefficient (Wildman–Crippen LogP) is 2.51. The lowest BCUT2D eigenvalue weighted by molar-refractivity contribution is -0.130. The SMILES string of the molecule is COc1ccc([C@H]2[C@@H]3CN(c4nnc(C)s4)C[C@@H]3CN2C(C)=O)cc1. The third kappa shape index (κ3) is 2.86. The summed E-state index contributed by atoms with van der Waals surface area (Å²) in [4.78, 5) is 16.6. The monoisotopic (exact) mass is 358 g/mol. The van der Waals surface area contributed by atoms with Crippen molar-refractivity contribution in [2.24, 2.45) is 11.8 Å². The van der Waals surface area contributed by atoms with E-state index < -0.39 is 0 Å². The van der Waals surface area contributed by atoms with Crippen LogP contribution in [-0.2, 0) is 4.79 Å². The van der Waals surface area contributed by atoms with Crippen LogP contribution in [0.2, 0.25) is 0 Å². The van der Waals surface area contributed by atoms with Crippen molar-refractivity contribution < 1.29 is 9.53 Å². The third-order valence-electron chi connectivity index (χ3n) is 5.31. The van der Waals surface area contributed by atoms with Crippen molar-refractivity contribution in [3.63, 3.8) is 0 Å². The van der Waals surface area contributed by atoms with Crippen LogP contribution < -0.4 is 9.64 Å². The number of anilines is 1. The number of benzene rings is 1. The lowest BCUT2D eigenvalue weighted by Gasteiger charge is -2.29. The highest BCUT2D eigenvalue weighted by atomic mass is 32.1. The first-order chi connectivity index (χ1) is 12.1. The zero-order chi connectivity index (χ0) is 17.6. The number of fused-ring (bicyclic) bond motifs is 1. The molecule has 3 heterocycles. The first kappa shape index (κ1) is 16.3. The van der Waals surface area contributed by atoms with Crippen LogP contribution in [0.15, 0.2) is 24.3 Å². The maximum Gasteiger partial charge on any atom is 0.219 e. The summed E-state index contributed by atoms with van der Waals surface area (Å²) < 4.78 is 5.27. The largest absolute Gasteiger partial charge is 0.497 e. The van der Waals surface area contributed by atoms with Gasteiger partial charge in [0, 0.05) is 38.4 Å². The van der Waals surface area contributed by atoms with Crippen LogP contribution in [0.1, 0.15) is 23.5 Å². The second kappa shape index (κ2) is 6.29. The molecule has 0 spiro atoms. The summed E-state index contributed by atoms with van der Waals surface area (Å²) in [5.41, 5.74) is 1.18. The van der Waals surface area contributed by atoms with Gasteiger partial charge in [0.25, 0.3) is 0 Å².